The molecule has 8 nitrogen and oxygen atoms in total. The molecule has 0 unspecified atom stereocenters. The lowest BCUT2D eigenvalue weighted by atomic mass is 9.89. The minimum Gasteiger partial charge on any atom is -0.444 e. The zero-order valence-electron chi connectivity index (χ0n) is 22.0. The molecule has 1 saturated heterocycles. The number of nitrogens with zero attached hydrogens (tertiary/aromatic N) is 3. The summed E-state index contributed by atoms with van der Waals surface area (Å²) < 4.78 is 5.60. The van der Waals surface area contributed by atoms with Crippen molar-refractivity contribution in [3.8, 4) is 16.5 Å². The summed E-state index contributed by atoms with van der Waals surface area (Å²) >= 11 is 1.53. The van der Waals surface area contributed by atoms with E-state index in [4.69, 9.17) is 4.74 Å². The molecule has 1 saturated carbocycles. The third-order valence-electron chi connectivity index (χ3n) is 7.65. The quantitative estimate of drug-likeness (QED) is 0.484. The van der Waals surface area contributed by atoms with E-state index in [1.165, 1.54) is 16.2 Å². The average Bonchev–Trinajstić information content (AvgIpc) is 3.64. The number of anilines is 1. The van der Waals surface area contributed by atoms with Gasteiger partial charge in [-0.05, 0) is 82.2 Å². The zero-order chi connectivity index (χ0) is 27.4. The van der Waals surface area contributed by atoms with Crippen LogP contribution in [0, 0.1) is 23.2 Å². The Hall–Kier alpha value is -3.51. The maximum atomic E-state index is 13.4. The number of benzene rings is 1. The number of likely N-dealkylation sites (tertiary alicyclic amines) is 1. The smallest absolute Gasteiger partial charge is 0.411 e. The van der Waals surface area contributed by atoms with Crippen LogP contribution in [0.15, 0.2) is 30.3 Å². The molecule has 2 amide bonds. The number of hydrogen-bond donors (Lipinski definition) is 0. The number of thiophene rings is 1. The first-order valence-electron chi connectivity index (χ1n) is 13.0. The van der Waals surface area contributed by atoms with E-state index in [-0.39, 0.29) is 24.2 Å². The average molecular weight is 534 g/mol. The summed E-state index contributed by atoms with van der Waals surface area (Å²) in [5, 5.41) is 9.88. The van der Waals surface area contributed by atoms with Gasteiger partial charge in [0.15, 0.2) is 5.78 Å². The van der Waals surface area contributed by atoms with Crippen molar-refractivity contribution in [3.63, 3.8) is 0 Å². The topological polar surface area (TPSA) is 108 Å². The van der Waals surface area contributed by atoms with Gasteiger partial charge < -0.3 is 9.64 Å². The molecule has 2 bridgehead atoms. The summed E-state index contributed by atoms with van der Waals surface area (Å²) in [6, 6.07) is 11.0. The lowest BCUT2D eigenvalue weighted by Crippen LogP contribution is -2.51. The summed E-state index contributed by atoms with van der Waals surface area (Å²) in [4.78, 5) is 55.4. The largest absolute Gasteiger partial charge is 0.444 e. The molecule has 2 aromatic rings. The second-order valence-electron chi connectivity index (χ2n) is 11.5. The Balaban J connectivity index is 1.27. The first-order valence-corrected chi connectivity index (χ1v) is 13.8. The monoisotopic (exact) mass is 533 g/mol. The van der Waals surface area contributed by atoms with E-state index >= 15 is 0 Å². The first-order chi connectivity index (χ1) is 18.0. The molecular weight excluding hydrogens is 502 g/mol. The standard InChI is InChI=1S/C29H31N3O5S/c1-29(2,3)37-28(36)32-19-7-5-18(13-19)25(32)23(33)12-16(15-30)11-20-8-10-24(38-20)17-6-9-21-22(14-17)31(4)27(35)26(21)34/h6,8-10,14,16,18-19,25H,5,7,11-13H2,1-4H3/t16-,18+,19-,25+/m1/s1. The van der Waals surface area contributed by atoms with E-state index in [0.29, 0.717) is 17.7 Å². The maximum Gasteiger partial charge on any atom is 0.411 e. The molecule has 3 heterocycles. The van der Waals surface area contributed by atoms with Gasteiger partial charge >= 0.3 is 6.09 Å². The van der Waals surface area contributed by atoms with E-state index in [1.54, 1.807) is 18.0 Å². The molecule has 2 fully saturated rings. The Morgan fingerprint density at radius 3 is 2.66 bits per heavy atom. The van der Waals surface area contributed by atoms with Crippen LogP contribution in [0.4, 0.5) is 10.5 Å². The van der Waals surface area contributed by atoms with E-state index in [1.807, 2.05) is 45.0 Å². The van der Waals surface area contributed by atoms with Crippen LogP contribution in [0.25, 0.3) is 10.4 Å². The second kappa shape index (κ2) is 9.66. The Morgan fingerprint density at radius 2 is 1.95 bits per heavy atom. The van der Waals surface area contributed by atoms with E-state index in [2.05, 4.69) is 6.07 Å². The van der Waals surface area contributed by atoms with Crippen LogP contribution in [0.3, 0.4) is 0 Å². The number of nitriles is 1. The van der Waals surface area contributed by atoms with Gasteiger partial charge in [0.2, 0.25) is 0 Å². The second-order valence-corrected chi connectivity index (χ2v) is 12.6. The lowest BCUT2D eigenvalue weighted by Gasteiger charge is -2.35. The molecule has 198 valence electrons. The molecule has 4 atom stereocenters. The fraction of sp³-hybridized carbons (Fsp3) is 0.483. The normalized spacial score (nSPS) is 23.0. The minimum atomic E-state index is -0.641. The molecule has 0 radical (unpaired) electrons. The molecule has 5 rings (SSSR count). The highest BCUT2D eigenvalue weighted by Gasteiger charge is 2.52. The summed E-state index contributed by atoms with van der Waals surface area (Å²) in [6.07, 6.45) is 2.69. The van der Waals surface area contributed by atoms with E-state index in [9.17, 15) is 24.4 Å². The van der Waals surface area contributed by atoms with Crippen LogP contribution in [-0.2, 0) is 20.7 Å². The van der Waals surface area contributed by atoms with Crippen LogP contribution in [-0.4, -0.2) is 53.2 Å². The third-order valence-corrected chi connectivity index (χ3v) is 8.80. The molecule has 1 aromatic heterocycles. The van der Waals surface area contributed by atoms with Crippen LogP contribution in [0.2, 0.25) is 0 Å². The molecule has 1 aromatic carbocycles. The molecule has 1 aliphatic carbocycles. The van der Waals surface area contributed by atoms with E-state index in [0.717, 1.165) is 34.6 Å². The fourth-order valence-electron chi connectivity index (χ4n) is 5.92. The molecule has 2 aliphatic heterocycles. The summed E-state index contributed by atoms with van der Waals surface area (Å²) in [7, 11) is 1.59. The van der Waals surface area contributed by atoms with Gasteiger partial charge in [-0.3, -0.25) is 19.3 Å². The minimum absolute atomic E-state index is 0.0288. The third kappa shape index (κ3) is 4.73. The van der Waals surface area contributed by atoms with Crippen LogP contribution >= 0.6 is 11.3 Å². The van der Waals surface area contributed by atoms with Crippen molar-refractivity contribution < 1.29 is 23.9 Å². The first kappa shape index (κ1) is 26.1. The van der Waals surface area contributed by atoms with Crippen LogP contribution in [0.5, 0.6) is 0 Å². The number of fused-ring (bicyclic) bond motifs is 3. The Labute approximate surface area is 226 Å². The Morgan fingerprint density at radius 1 is 1.18 bits per heavy atom. The van der Waals surface area contributed by atoms with Gasteiger partial charge in [0, 0.05) is 29.3 Å². The Kier molecular flexibility index (Phi) is 6.64. The zero-order valence-corrected chi connectivity index (χ0v) is 22.8. The summed E-state index contributed by atoms with van der Waals surface area (Å²) in [5.41, 5.74) is 1.24. The number of piperidine rings is 1. The van der Waals surface area contributed by atoms with Gasteiger partial charge in [0.05, 0.1) is 29.3 Å². The number of carbonyl (C=O) groups is 4. The fourth-order valence-corrected chi connectivity index (χ4v) is 7.01. The molecule has 9 heteroatoms. The Bertz CT molecular complexity index is 1370. The van der Waals surface area contributed by atoms with Gasteiger partial charge in [-0.2, -0.15) is 5.26 Å². The van der Waals surface area contributed by atoms with Gasteiger partial charge in [0.25, 0.3) is 11.7 Å². The number of likely N-dealkylation sites (N-methyl/N-ethyl adjacent to an activating group) is 1. The van der Waals surface area contributed by atoms with Crippen LogP contribution < -0.4 is 4.90 Å². The molecule has 0 N–H and O–H groups in total. The number of ketones is 2. The van der Waals surface area contributed by atoms with Crippen molar-refractivity contribution in [3.05, 3.63) is 40.8 Å². The highest BCUT2D eigenvalue weighted by molar-refractivity contribution is 7.15. The van der Waals surface area contributed by atoms with Crippen molar-refractivity contribution in [2.45, 2.75) is 70.6 Å². The number of ether oxygens (including phenoxy) is 1. The highest BCUT2D eigenvalue weighted by Crippen LogP contribution is 2.44. The molecule has 0 spiro atoms. The number of amides is 2. The molecule has 38 heavy (non-hydrogen) atoms. The van der Waals surface area contributed by atoms with E-state index < -0.39 is 35.3 Å². The van der Waals surface area contributed by atoms with Gasteiger partial charge in [-0.15, -0.1) is 11.3 Å². The van der Waals surface area contributed by atoms with Crippen molar-refractivity contribution in [2.24, 2.45) is 11.8 Å². The van der Waals surface area contributed by atoms with Crippen LogP contribution in [0.1, 0.15) is 61.7 Å². The lowest BCUT2D eigenvalue weighted by molar-refractivity contribution is -0.126. The number of Topliss-reactive ketones (excluding diaryl/α,β-unsaturated/α-hetero) is 2. The van der Waals surface area contributed by atoms with Crippen molar-refractivity contribution >= 4 is 40.6 Å². The number of carbonyl (C=O) groups excluding carboxylic acids is 4. The van der Waals surface area contributed by atoms with Crippen molar-refractivity contribution in [1.29, 1.82) is 5.26 Å². The highest BCUT2D eigenvalue weighted by atomic mass is 32.1. The number of rotatable bonds is 6. The summed E-state index contributed by atoms with van der Waals surface area (Å²) in [5.74, 6) is -1.48. The number of hydrogen-bond acceptors (Lipinski definition) is 7. The summed E-state index contributed by atoms with van der Waals surface area (Å²) in [6.45, 7) is 5.45. The van der Waals surface area contributed by atoms with Gasteiger partial charge in [0.1, 0.15) is 5.60 Å². The molecule has 3 aliphatic rings. The predicted molar refractivity (Wildman–Crippen MR) is 143 cm³/mol. The van der Waals surface area contributed by atoms with Gasteiger partial charge in [-0.25, -0.2) is 4.79 Å². The predicted octanol–water partition coefficient (Wildman–Crippen LogP) is 5.00. The van der Waals surface area contributed by atoms with Crippen molar-refractivity contribution in [2.75, 3.05) is 11.9 Å². The SMILES string of the molecule is CN1C(=O)C(=O)c2ccc(-c3ccc(C[C@@H](C#N)CC(=O)[C@@H]4[C@H]5CC[C@H](C5)N4C(=O)OC(C)(C)C)s3)cc21. The van der Waals surface area contributed by atoms with Crippen molar-refractivity contribution in [1.82, 2.24) is 4.90 Å². The molecular formula is C29H31N3O5S. The van der Waals surface area contributed by atoms with Gasteiger partial charge in [-0.1, -0.05) is 6.07 Å². The maximum absolute atomic E-state index is 13.4.